The van der Waals surface area contributed by atoms with E-state index in [1.54, 1.807) is 7.11 Å². The molecule has 1 saturated heterocycles. The number of ether oxygens (including phenoxy) is 1. The fourth-order valence-electron chi connectivity index (χ4n) is 4.68. The van der Waals surface area contributed by atoms with Crippen LogP contribution in [-0.4, -0.2) is 55.2 Å². The fraction of sp³-hybridized carbons (Fsp3) is 0.500. The molecule has 2 aromatic rings. The Morgan fingerprint density at radius 2 is 2.00 bits per heavy atom. The van der Waals surface area contributed by atoms with E-state index in [9.17, 15) is 10.1 Å². The Balaban J connectivity index is 1.62. The third-order valence-corrected chi connectivity index (χ3v) is 6.65. The van der Waals surface area contributed by atoms with Crippen molar-refractivity contribution in [2.75, 3.05) is 38.3 Å². The molecule has 0 bridgehead atoms. The second-order valence-corrected chi connectivity index (χ2v) is 8.97. The normalized spacial score (nSPS) is 18.5. The molecular weight excluding hydrogens is 400 g/mol. The Bertz CT molecular complexity index is 1010. The molecule has 32 heavy (non-hydrogen) atoms. The summed E-state index contributed by atoms with van der Waals surface area (Å²) in [5, 5.41) is 10.1. The number of carbonyl (C=O) groups excluding carboxylic acids is 1. The van der Waals surface area contributed by atoms with E-state index in [1.165, 1.54) is 11.1 Å². The lowest BCUT2D eigenvalue weighted by atomic mass is 9.93. The van der Waals surface area contributed by atoms with Gasteiger partial charge in [0.2, 0.25) is 5.91 Å². The minimum atomic E-state index is 0.0649. The molecule has 0 N–H and O–H groups in total. The van der Waals surface area contributed by atoms with Gasteiger partial charge in [-0.3, -0.25) is 4.79 Å². The molecule has 1 aromatic heterocycles. The van der Waals surface area contributed by atoms with Crippen molar-refractivity contribution < 1.29 is 9.53 Å². The molecule has 4 rings (SSSR count). The van der Waals surface area contributed by atoms with Gasteiger partial charge in [-0.1, -0.05) is 30.3 Å². The highest BCUT2D eigenvalue weighted by Gasteiger charge is 2.34. The van der Waals surface area contributed by atoms with Gasteiger partial charge in [0.15, 0.2) is 0 Å². The first kappa shape index (κ1) is 22.3. The molecule has 2 aliphatic rings. The maximum absolute atomic E-state index is 12.5. The first-order chi connectivity index (χ1) is 15.5. The van der Waals surface area contributed by atoms with Gasteiger partial charge >= 0.3 is 0 Å². The van der Waals surface area contributed by atoms with Crippen molar-refractivity contribution in [3.63, 3.8) is 0 Å². The summed E-state index contributed by atoms with van der Waals surface area (Å²) < 4.78 is 5.06. The van der Waals surface area contributed by atoms with Crippen LogP contribution in [0.1, 0.15) is 60.1 Å². The van der Waals surface area contributed by atoms with Crippen LogP contribution in [0.2, 0.25) is 0 Å². The molecule has 1 aromatic carbocycles. The van der Waals surface area contributed by atoms with Crippen molar-refractivity contribution in [2.45, 2.75) is 51.5 Å². The molecule has 1 atom stereocenters. The van der Waals surface area contributed by atoms with Crippen molar-refractivity contribution >= 4 is 11.7 Å². The van der Waals surface area contributed by atoms with Crippen molar-refractivity contribution in [3.8, 4) is 6.07 Å². The number of pyridine rings is 1. The SMILES string of the molecule is COCCC(=O)N1CCN(c2nc(C3CC3)c(Cc3ccccc3)c(C)c2C#N)CC1C. The smallest absolute Gasteiger partial charge is 0.225 e. The van der Waals surface area contributed by atoms with E-state index in [4.69, 9.17) is 9.72 Å². The van der Waals surface area contributed by atoms with Crippen LogP contribution in [0.3, 0.4) is 0 Å². The molecule has 6 heteroatoms. The summed E-state index contributed by atoms with van der Waals surface area (Å²) in [6.07, 6.45) is 3.54. The summed E-state index contributed by atoms with van der Waals surface area (Å²) in [4.78, 5) is 21.8. The summed E-state index contributed by atoms with van der Waals surface area (Å²) in [6, 6.07) is 12.9. The van der Waals surface area contributed by atoms with Crippen molar-refractivity contribution in [1.82, 2.24) is 9.88 Å². The van der Waals surface area contributed by atoms with E-state index in [0.29, 0.717) is 44.1 Å². The first-order valence-electron chi connectivity index (χ1n) is 11.5. The first-order valence-corrected chi connectivity index (χ1v) is 11.5. The van der Waals surface area contributed by atoms with Gasteiger partial charge in [-0.2, -0.15) is 5.26 Å². The highest BCUT2D eigenvalue weighted by Crippen LogP contribution is 2.44. The quantitative estimate of drug-likeness (QED) is 0.666. The van der Waals surface area contributed by atoms with E-state index < -0.39 is 0 Å². The van der Waals surface area contributed by atoms with Crippen LogP contribution in [0, 0.1) is 18.3 Å². The van der Waals surface area contributed by atoms with Crippen molar-refractivity contribution in [2.24, 2.45) is 0 Å². The summed E-state index contributed by atoms with van der Waals surface area (Å²) in [5.41, 5.74) is 5.33. The monoisotopic (exact) mass is 432 g/mol. The number of aromatic nitrogens is 1. The predicted octanol–water partition coefficient (Wildman–Crippen LogP) is 3.80. The van der Waals surface area contributed by atoms with Crippen LogP contribution >= 0.6 is 0 Å². The number of carbonyl (C=O) groups is 1. The number of nitrogens with zero attached hydrogens (tertiary/aromatic N) is 4. The minimum Gasteiger partial charge on any atom is -0.384 e. The number of rotatable bonds is 7. The van der Waals surface area contributed by atoms with Gasteiger partial charge in [-0.15, -0.1) is 0 Å². The standard InChI is InChI=1S/C26H32N4O2/c1-18-17-29(12-13-30(18)24(31)11-14-32-3)26-23(16-27)19(2)22(25(28-26)21-9-10-21)15-20-7-5-4-6-8-20/h4-8,18,21H,9-15,17H2,1-3H3. The number of hydrogen-bond donors (Lipinski definition) is 0. The molecule has 1 unspecified atom stereocenters. The number of methoxy groups -OCH3 is 1. The van der Waals surface area contributed by atoms with Gasteiger partial charge in [0.05, 0.1) is 18.6 Å². The molecule has 1 amide bonds. The number of anilines is 1. The molecule has 0 radical (unpaired) electrons. The van der Waals surface area contributed by atoms with Gasteiger partial charge < -0.3 is 14.5 Å². The third-order valence-electron chi connectivity index (χ3n) is 6.65. The Hall–Kier alpha value is -2.91. The fourth-order valence-corrected chi connectivity index (χ4v) is 4.68. The zero-order valence-corrected chi connectivity index (χ0v) is 19.3. The lowest BCUT2D eigenvalue weighted by Gasteiger charge is -2.41. The summed E-state index contributed by atoms with van der Waals surface area (Å²) in [6.45, 7) is 6.59. The average Bonchev–Trinajstić information content (AvgIpc) is 3.64. The van der Waals surface area contributed by atoms with Crippen LogP contribution < -0.4 is 4.90 Å². The van der Waals surface area contributed by atoms with E-state index in [2.05, 4.69) is 49.1 Å². The van der Waals surface area contributed by atoms with E-state index in [0.717, 1.165) is 36.3 Å². The second kappa shape index (κ2) is 9.70. The third kappa shape index (κ3) is 4.63. The second-order valence-electron chi connectivity index (χ2n) is 8.97. The Labute approximate surface area is 190 Å². The maximum Gasteiger partial charge on any atom is 0.225 e. The molecule has 1 aliphatic carbocycles. The molecular formula is C26H32N4O2. The molecule has 0 spiro atoms. The Morgan fingerprint density at radius 3 is 2.62 bits per heavy atom. The van der Waals surface area contributed by atoms with Gasteiger partial charge in [-0.25, -0.2) is 4.98 Å². The summed E-state index contributed by atoms with van der Waals surface area (Å²) >= 11 is 0. The largest absolute Gasteiger partial charge is 0.384 e. The Kier molecular flexibility index (Phi) is 6.76. The number of amides is 1. The summed E-state index contributed by atoms with van der Waals surface area (Å²) in [7, 11) is 1.62. The lowest BCUT2D eigenvalue weighted by molar-refractivity contribution is -0.134. The predicted molar refractivity (Wildman–Crippen MR) is 125 cm³/mol. The van der Waals surface area contributed by atoms with E-state index in [1.807, 2.05) is 11.0 Å². The van der Waals surface area contributed by atoms with Crippen LogP contribution in [0.15, 0.2) is 30.3 Å². The van der Waals surface area contributed by atoms with Crippen LogP contribution in [0.4, 0.5) is 5.82 Å². The zero-order valence-electron chi connectivity index (χ0n) is 19.3. The number of hydrogen-bond acceptors (Lipinski definition) is 5. The molecule has 6 nitrogen and oxygen atoms in total. The van der Waals surface area contributed by atoms with Crippen LogP contribution in [-0.2, 0) is 16.0 Å². The number of nitriles is 1. The van der Waals surface area contributed by atoms with Gasteiger partial charge in [0, 0.05) is 44.4 Å². The van der Waals surface area contributed by atoms with E-state index >= 15 is 0 Å². The highest BCUT2D eigenvalue weighted by atomic mass is 16.5. The maximum atomic E-state index is 12.5. The molecule has 1 saturated carbocycles. The van der Waals surface area contributed by atoms with Crippen molar-refractivity contribution in [1.29, 1.82) is 5.26 Å². The van der Waals surface area contributed by atoms with Gasteiger partial charge in [0.25, 0.3) is 0 Å². The molecule has 168 valence electrons. The molecule has 2 heterocycles. The van der Waals surface area contributed by atoms with Gasteiger partial charge in [-0.05, 0) is 49.8 Å². The summed E-state index contributed by atoms with van der Waals surface area (Å²) in [5.74, 6) is 1.41. The lowest BCUT2D eigenvalue weighted by Crippen LogP contribution is -2.54. The zero-order chi connectivity index (χ0) is 22.7. The van der Waals surface area contributed by atoms with Crippen LogP contribution in [0.5, 0.6) is 0 Å². The number of piperazine rings is 1. The van der Waals surface area contributed by atoms with Crippen molar-refractivity contribution in [3.05, 3.63) is 58.3 Å². The topological polar surface area (TPSA) is 69.5 Å². The van der Waals surface area contributed by atoms with Crippen LogP contribution in [0.25, 0.3) is 0 Å². The van der Waals surface area contributed by atoms with Gasteiger partial charge in [0.1, 0.15) is 11.9 Å². The minimum absolute atomic E-state index is 0.0649. The Morgan fingerprint density at radius 1 is 1.25 bits per heavy atom. The molecule has 2 fully saturated rings. The average molecular weight is 433 g/mol. The highest BCUT2D eigenvalue weighted by molar-refractivity contribution is 5.77. The van der Waals surface area contributed by atoms with E-state index in [-0.39, 0.29) is 11.9 Å². The molecule has 1 aliphatic heterocycles. The number of benzene rings is 1.